The number of anilines is 3. The number of nitrogens with zero attached hydrogens (tertiary/aromatic N) is 1. The summed E-state index contributed by atoms with van der Waals surface area (Å²) < 4.78 is 0. The van der Waals surface area contributed by atoms with E-state index in [9.17, 15) is 9.59 Å². The molecule has 1 unspecified atom stereocenters. The van der Waals surface area contributed by atoms with E-state index in [4.69, 9.17) is 0 Å². The summed E-state index contributed by atoms with van der Waals surface area (Å²) in [5.41, 5.74) is 3.56. The number of carbonyl (C=O) groups excluding carboxylic acids is 2. The zero-order chi connectivity index (χ0) is 19.9. The van der Waals surface area contributed by atoms with Gasteiger partial charge in [-0.05, 0) is 36.8 Å². The Labute approximate surface area is 164 Å². The molecule has 1 aromatic heterocycles. The number of carbonyl (C=O) groups is 2. The molecule has 0 spiro atoms. The molecule has 0 aliphatic rings. The Morgan fingerprint density at radius 1 is 0.857 bits per heavy atom. The van der Waals surface area contributed by atoms with Crippen LogP contribution in [0, 0.1) is 0 Å². The molecule has 3 N–H and O–H groups in total. The fraction of sp³-hybridized carbons (Fsp3) is 0.136. The molecule has 2 amide bonds. The van der Waals surface area contributed by atoms with Crippen LogP contribution < -0.4 is 16.0 Å². The second-order valence-electron chi connectivity index (χ2n) is 6.46. The van der Waals surface area contributed by atoms with E-state index in [0.717, 1.165) is 11.3 Å². The molecular weight excluding hydrogens is 352 g/mol. The quantitative estimate of drug-likeness (QED) is 0.595. The van der Waals surface area contributed by atoms with Gasteiger partial charge in [0, 0.05) is 36.7 Å². The minimum Gasteiger partial charge on any atom is -0.377 e. The number of amides is 2. The highest BCUT2D eigenvalue weighted by atomic mass is 16.2. The standard InChI is InChI=1S/C22H22N4O2/c1-15(17-7-4-3-5-8-17)24-21-11-18(13-23-14-21)22(28)26-20-10-6-9-19(12-20)25-16(2)27/h3-15,24H,1-2H3,(H,25,27)(H,26,28). The third-order valence-corrected chi connectivity index (χ3v) is 4.12. The molecule has 0 saturated heterocycles. The first kappa shape index (κ1) is 19.1. The lowest BCUT2D eigenvalue weighted by Gasteiger charge is -2.16. The number of nitrogens with one attached hydrogen (secondary N) is 3. The molecule has 0 radical (unpaired) electrons. The molecule has 0 bridgehead atoms. The molecule has 142 valence electrons. The van der Waals surface area contributed by atoms with Gasteiger partial charge < -0.3 is 16.0 Å². The third kappa shape index (κ3) is 5.17. The van der Waals surface area contributed by atoms with E-state index >= 15 is 0 Å². The molecule has 0 aliphatic carbocycles. The van der Waals surface area contributed by atoms with Gasteiger partial charge in [0.2, 0.25) is 5.91 Å². The summed E-state index contributed by atoms with van der Waals surface area (Å²) in [5, 5.41) is 8.88. The summed E-state index contributed by atoms with van der Waals surface area (Å²) in [6.45, 7) is 3.49. The van der Waals surface area contributed by atoms with Gasteiger partial charge in [0.1, 0.15) is 0 Å². The smallest absolute Gasteiger partial charge is 0.257 e. The maximum Gasteiger partial charge on any atom is 0.257 e. The number of aromatic nitrogens is 1. The SMILES string of the molecule is CC(=O)Nc1cccc(NC(=O)c2cncc(NC(C)c3ccccc3)c2)c1. The second-order valence-corrected chi connectivity index (χ2v) is 6.46. The fourth-order valence-corrected chi connectivity index (χ4v) is 2.80. The van der Waals surface area contributed by atoms with Crippen LogP contribution in [-0.4, -0.2) is 16.8 Å². The van der Waals surface area contributed by atoms with Crippen LogP contribution in [-0.2, 0) is 4.79 Å². The molecule has 3 rings (SSSR count). The predicted molar refractivity (Wildman–Crippen MR) is 111 cm³/mol. The van der Waals surface area contributed by atoms with Crippen molar-refractivity contribution in [3.63, 3.8) is 0 Å². The van der Waals surface area contributed by atoms with Gasteiger partial charge in [-0.25, -0.2) is 0 Å². The van der Waals surface area contributed by atoms with Crippen LogP contribution in [0.4, 0.5) is 17.1 Å². The zero-order valence-corrected chi connectivity index (χ0v) is 15.8. The van der Waals surface area contributed by atoms with E-state index in [1.165, 1.54) is 13.1 Å². The highest BCUT2D eigenvalue weighted by molar-refractivity contribution is 6.05. The van der Waals surface area contributed by atoms with E-state index in [1.54, 1.807) is 36.5 Å². The fourth-order valence-electron chi connectivity index (χ4n) is 2.80. The normalized spacial score (nSPS) is 11.4. The summed E-state index contributed by atoms with van der Waals surface area (Å²) >= 11 is 0. The van der Waals surface area contributed by atoms with Gasteiger partial charge in [-0.15, -0.1) is 0 Å². The molecule has 1 heterocycles. The van der Waals surface area contributed by atoms with Gasteiger partial charge in [-0.1, -0.05) is 36.4 Å². The van der Waals surface area contributed by atoms with Crippen molar-refractivity contribution in [1.82, 2.24) is 4.98 Å². The first-order chi connectivity index (χ1) is 13.5. The first-order valence-electron chi connectivity index (χ1n) is 8.97. The van der Waals surface area contributed by atoms with Gasteiger partial charge >= 0.3 is 0 Å². The van der Waals surface area contributed by atoms with E-state index in [2.05, 4.69) is 27.9 Å². The van der Waals surface area contributed by atoms with Crippen molar-refractivity contribution >= 4 is 28.9 Å². The molecule has 0 fully saturated rings. The van der Waals surface area contributed by atoms with E-state index < -0.39 is 0 Å². The number of benzene rings is 2. The highest BCUT2D eigenvalue weighted by Crippen LogP contribution is 2.20. The monoisotopic (exact) mass is 374 g/mol. The summed E-state index contributed by atoms with van der Waals surface area (Å²) in [5.74, 6) is -0.442. The summed E-state index contributed by atoms with van der Waals surface area (Å²) in [6.07, 6.45) is 3.21. The van der Waals surface area contributed by atoms with E-state index in [-0.39, 0.29) is 17.9 Å². The Hall–Kier alpha value is -3.67. The van der Waals surface area contributed by atoms with Crippen LogP contribution in [0.25, 0.3) is 0 Å². The molecule has 2 aromatic carbocycles. The van der Waals surface area contributed by atoms with Crippen molar-refractivity contribution in [2.75, 3.05) is 16.0 Å². The number of hydrogen-bond acceptors (Lipinski definition) is 4. The molecule has 28 heavy (non-hydrogen) atoms. The summed E-state index contributed by atoms with van der Waals surface area (Å²) in [7, 11) is 0. The van der Waals surface area contributed by atoms with Crippen LogP contribution in [0.1, 0.15) is 35.8 Å². The first-order valence-corrected chi connectivity index (χ1v) is 8.97. The summed E-state index contributed by atoms with van der Waals surface area (Å²) in [4.78, 5) is 27.9. The van der Waals surface area contributed by atoms with Crippen LogP contribution in [0.3, 0.4) is 0 Å². The highest BCUT2D eigenvalue weighted by Gasteiger charge is 2.10. The summed E-state index contributed by atoms with van der Waals surface area (Å²) in [6, 6.07) is 18.9. The largest absolute Gasteiger partial charge is 0.377 e. The average Bonchev–Trinajstić information content (AvgIpc) is 2.68. The van der Waals surface area contributed by atoms with E-state index in [0.29, 0.717) is 16.9 Å². The van der Waals surface area contributed by atoms with Crippen molar-refractivity contribution in [2.24, 2.45) is 0 Å². The Morgan fingerprint density at radius 2 is 1.57 bits per heavy atom. The molecular formula is C22H22N4O2. The number of pyridine rings is 1. The number of rotatable bonds is 6. The van der Waals surface area contributed by atoms with Crippen LogP contribution in [0.5, 0.6) is 0 Å². The van der Waals surface area contributed by atoms with Crippen molar-refractivity contribution in [1.29, 1.82) is 0 Å². The number of hydrogen-bond donors (Lipinski definition) is 3. The van der Waals surface area contributed by atoms with Crippen molar-refractivity contribution in [3.8, 4) is 0 Å². The molecule has 0 aliphatic heterocycles. The van der Waals surface area contributed by atoms with Gasteiger partial charge in [0.25, 0.3) is 5.91 Å². The second kappa shape index (κ2) is 8.81. The van der Waals surface area contributed by atoms with Crippen molar-refractivity contribution < 1.29 is 9.59 Å². The molecule has 3 aromatic rings. The maximum atomic E-state index is 12.6. The lowest BCUT2D eigenvalue weighted by atomic mass is 10.1. The van der Waals surface area contributed by atoms with Crippen LogP contribution in [0.15, 0.2) is 73.1 Å². The molecule has 0 saturated carbocycles. The van der Waals surface area contributed by atoms with Crippen molar-refractivity contribution in [3.05, 3.63) is 84.2 Å². The van der Waals surface area contributed by atoms with Gasteiger partial charge in [0.05, 0.1) is 11.3 Å². The zero-order valence-electron chi connectivity index (χ0n) is 15.8. The van der Waals surface area contributed by atoms with Crippen molar-refractivity contribution in [2.45, 2.75) is 19.9 Å². The Balaban J connectivity index is 1.69. The Bertz CT molecular complexity index is 973. The van der Waals surface area contributed by atoms with Crippen LogP contribution in [0.2, 0.25) is 0 Å². The predicted octanol–water partition coefficient (Wildman–Crippen LogP) is 4.47. The Morgan fingerprint density at radius 3 is 2.29 bits per heavy atom. The minimum absolute atomic E-state index is 0.0793. The van der Waals surface area contributed by atoms with Gasteiger partial charge in [0.15, 0.2) is 0 Å². The van der Waals surface area contributed by atoms with Crippen LogP contribution >= 0.6 is 0 Å². The minimum atomic E-state index is -0.275. The van der Waals surface area contributed by atoms with E-state index in [1.807, 2.05) is 30.3 Å². The lowest BCUT2D eigenvalue weighted by Crippen LogP contribution is -2.14. The third-order valence-electron chi connectivity index (χ3n) is 4.12. The van der Waals surface area contributed by atoms with Gasteiger partial charge in [-0.2, -0.15) is 0 Å². The Kier molecular flexibility index (Phi) is 6.01. The molecule has 6 nitrogen and oxygen atoms in total. The molecule has 1 atom stereocenters. The van der Waals surface area contributed by atoms with Gasteiger partial charge in [-0.3, -0.25) is 14.6 Å². The topological polar surface area (TPSA) is 83.1 Å². The molecule has 6 heteroatoms. The lowest BCUT2D eigenvalue weighted by molar-refractivity contribution is -0.114. The maximum absolute atomic E-state index is 12.6. The average molecular weight is 374 g/mol.